The van der Waals surface area contributed by atoms with Crippen LogP contribution in [0.1, 0.15) is 222 Å². The molecule has 1 aliphatic carbocycles. The first-order valence-corrected chi connectivity index (χ1v) is 36.1. The zero-order chi connectivity index (χ0) is 74.1. The van der Waals surface area contributed by atoms with Gasteiger partial charge >= 0.3 is 5.97 Å². The van der Waals surface area contributed by atoms with E-state index in [1.165, 1.54) is 12.1 Å². The summed E-state index contributed by atoms with van der Waals surface area (Å²) in [6, 6.07) is 28.3. The maximum atomic E-state index is 14.9. The fraction of sp³-hybridized carbons (Fsp3) is 0.500. The van der Waals surface area contributed by atoms with Crippen LogP contribution in [0.2, 0.25) is 0 Å². The molecule has 0 saturated carbocycles. The van der Waals surface area contributed by atoms with Crippen molar-refractivity contribution >= 4 is 41.1 Å². The Hall–Kier alpha value is -8.86. The number of para-hydroxylation sites is 1. The van der Waals surface area contributed by atoms with Crippen LogP contribution in [0, 0.1) is 10.1 Å². The van der Waals surface area contributed by atoms with Crippen LogP contribution >= 0.6 is 0 Å². The standard InChI is InChI=1S/C84H109N5O12/c1-22-86(23-2)70(90)49-97-74-54-34-56-40-64(80(10,11)12)42-58(75(56)98-50-71(91)87(24-3)25-4)36-60-44-66(82(16,17)18)45-61(37-59-43-65(81(13,14)15)41-57(35-55(74)39-63(38-54)79(7,8)9)76(59)99-51-72(92)88(26-5)27-6)77(60)100-52-73(93)96-48-62-47-67(89(94)95)46-53-32-33-84(101-78(53)62)83(19,20)68-30-28-29-31-69(68)85(84)21/h28-33,38-47H,22-27,34-37,48-52H2,1-21H3. The van der Waals surface area contributed by atoms with Crippen LogP contribution in [0.5, 0.6) is 28.7 Å². The fourth-order valence-electron chi connectivity index (χ4n) is 14.2. The lowest BCUT2D eigenvalue weighted by molar-refractivity contribution is -0.385. The highest BCUT2D eigenvalue weighted by molar-refractivity contribution is 5.80. The molecule has 1 unspecified atom stereocenters. The number of esters is 1. The third-order valence-electron chi connectivity index (χ3n) is 20.5. The van der Waals surface area contributed by atoms with Crippen LogP contribution < -0.4 is 28.6 Å². The van der Waals surface area contributed by atoms with Gasteiger partial charge in [0.2, 0.25) is 5.72 Å². The molecule has 0 aromatic heterocycles. The molecule has 0 radical (unpaired) electrons. The van der Waals surface area contributed by atoms with Crippen molar-refractivity contribution in [2.75, 3.05) is 77.6 Å². The summed E-state index contributed by atoms with van der Waals surface area (Å²) in [6.07, 6.45) is 4.70. The van der Waals surface area contributed by atoms with Crippen molar-refractivity contribution in [3.8, 4) is 28.7 Å². The molecule has 17 heteroatoms. The summed E-state index contributed by atoms with van der Waals surface area (Å²) < 4.78 is 41.6. The van der Waals surface area contributed by atoms with Crippen molar-refractivity contribution in [2.24, 2.45) is 0 Å². The molecule has 0 fully saturated rings. The van der Waals surface area contributed by atoms with Crippen molar-refractivity contribution in [3.05, 3.63) is 185 Å². The fourth-order valence-corrected chi connectivity index (χ4v) is 14.2. The summed E-state index contributed by atoms with van der Waals surface area (Å²) in [7, 11) is 1.97. The number of benzene rings is 6. The molecule has 8 bridgehead atoms. The molecular weight excluding hydrogens is 1270 g/mol. The molecule has 6 aromatic carbocycles. The lowest BCUT2D eigenvalue weighted by atomic mass is 9.76. The van der Waals surface area contributed by atoms with Crippen LogP contribution in [0.4, 0.5) is 11.4 Å². The van der Waals surface area contributed by atoms with E-state index in [1.54, 1.807) is 14.7 Å². The summed E-state index contributed by atoms with van der Waals surface area (Å²) >= 11 is 0. The molecule has 9 rings (SSSR count). The predicted molar refractivity (Wildman–Crippen MR) is 401 cm³/mol. The first kappa shape index (κ1) is 76.3. The Bertz CT molecular complexity index is 4000. The minimum atomic E-state index is -1.03. The van der Waals surface area contributed by atoms with Crippen molar-refractivity contribution in [2.45, 2.75) is 204 Å². The highest BCUT2D eigenvalue weighted by atomic mass is 16.6. The molecule has 17 nitrogen and oxygen atoms in total. The monoisotopic (exact) mass is 1380 g/mol. The van der Waals surface area contributed by atoms with E-state index in [0.717, 1.165) is 66.9 Å². The Labute approximate surface area is 600 Å². The Morgan fingerprint density at radius 2 is 0.832 bits per heavy atom. The number of fused-ring (bicyclic) bond motifs is 10. The summed E-state index contributed by atoms with van der Waals surface area (Å²) in [5, 5.41) is 12.6. The maximum Gasteiger partial charge on any atom is 0.344 e. The number of hydrogen-bond acceptors (Lipinski definition) is 13. The molecule has 6 aromatic rings. The highest BCUT2D eigenvalue weighted by Crippen LogP contribution is 2.55. The largest absolute Gasteiger partial charge is 0.483 e. The van der Waals surface area contributed by atoms with E-state index in [-0.39, 0.29) is 80.9 Å². The van der Waals surface area contributed by atoms with Crippen LogP contribution in [0.25, 0.3) is 6.08 Å². The predicted octanol–water partition coefficient (Wildman–Crippen LogP) is 15.9. The Balaban J connectivity index is 1.28. The minimum absolute atomic E-state index is 0.155. The van der Waals surface area contributed by atoms with Gasteiger partial charge in [-0.25, -0.2) is 4.79 Å². The smallest absolute Gasteiger partial charge is 0.344 e. The van der Waals surface area contributed by atoms with E-state index >= 15 is 0 Å². The maximum absolute atomic E-state index is 14.9. The molecule has 101 heavy (non-hydrogen) atoms. The second-order valence-electron chi connectivity index (χ2n) is 31.8. The average Bonchev–Trinajstić information content (AvgIpc) is 1.55. The summed E-state index contributed by atoms with van der Waals surface area (Å²) in [5.41, 5.74) is 9.55. The molecule has 542 valence electrons. The second-order valence-corrected chi connectivity index (χ2v) is 31.8. The lowest BCUT2D eigenvalue weighted by Crippen LogP contribution is -2.58. The van der Waals surface area contributed by atoms with E-state index in [0.29, 0.717) is 90.3 Å². The van der Waals surface area contributed by atoms with Crippen LogP contribution in [0.15, 0.2) is 91.0 Å². The number of nitrogens with zero attached hydrogens (tertiary/aromatic N) is 5. The molecular formula is C84H109N5O12. The number of nitro benzene ring substituents is 1. The quantitative estimate of drug-likeness (QED) is 0.0377. The number of carbonyl (C=O) groups is 4. The lowest BCUT2D eigenvalue weighted by Gasteiger charge is -2.46. The number of likely N-dealkylation sites (N-methyl/N-ethyl adjacent to an activating group) is 4. The number of ether oxygens (including phenoxy) is 6. The van der Waals surface area contributed by atoms with E-state index in [2.05, 4.69) is 156 Å². The van der Waals surface area contributed by atoms with Gasteiger partial charge in [-0.2, -0.15) is 0 Å². The molecule has 1 spiro atoms. The van der Waals surface area contributed by atoms with Gasteiger partial charge in [0.1, 0.15) is 35.4 Å². The SMILES string of the molecule is CCN(CC)C(=O)COc1c2cc(C(C)(C)C)cc1Cc1cc(C(C)(C)C)cc(c1OCC(=O)N(CC)CC)Cc1cc(C(C)(C)C)cc(c1OCC(=O)N(CC)CC)Cc1cc(C(C)(C)C)cc(c1OCC(=O)OCc1cc([N+](=O)[O-])cc3c1OC1(C=C3)N(C)c3ccccc3C1(C)C)C2. The van der Waals surface area contributed by atoms with E-state index in [4.69, 9.17) is 28.4 Å². The summed E-state index contributed by atoms with van der Waals surface area (Å²) in [4.78, 5) is 77.3. The van der Waals surface area contributed by atoms with Crippen molar-refractivity contribution in [3.63, 3.8) is 0 Å². The molecule has 0 N–H and O–H groups in total. The van der Waals surface area contributed by atoms with Crippen molar-refractivity contribution in [1.82, 2.24) is 14.7 Å². The van der Waals surface area contributed by atoms with Gasteiger partial charge in [0.15, 0.2) is 26.4 Å². The number of carbonyl (C=O) groups excluding carboxylic acids is 4. The Morgan fingerprint density at radius 3 is 1.14 bits per heavy atom. The number of amides is 3. The Kier molecular flexibility index (Phi) is 22.7. The number of rotatable bonds is 21. The molecule has 3 amide bonds. The van der Waals surface area contributed by atoms with Gasteiger partial charge in [-0.1, -0.05) is 150 Å². The zero-order valence-corrected chi connectivity index (χ0v) is 64.0. The van der Waals surface area contributed by atoms with E-state index in [9.17, 15) is 29.3 Å². The van der Waals surface area contributed by atoms with E-state index in [1.807, 2.05) is 78.9 Å². The second kappa shape index (κ2) is 30.0. The first-order chi connectivity index (χ1) is 47.4. The topological polar surface area (TPSA) is 180 Å². The average molecular weight is 1380 g/mol. The third-order valence-corrected chi connectivity index (χ3v) is 20.5. The minimum Gasteiger partial charge on any atom is -0.483 e. The molecule has 1 atom stereocenters. The van der Waals surface area contributed by atoms with Gasteiger partial charge in [-0.3, -0.25) is 24.5 Å². The van der Waals surface area contributed by atoms with Gasteiger partial charge in [0.05, 0.1) is 10.3 Å². The van der Waals surface area contributed by atoms with Gasteiger partial charge in [-0.05, 0) is 168 Å². The Morgan fingerprint density at radius 1 is 0.505 bits per heavy atom. The summed E-state index contributed by atoms with van der Waals surface area (Å²) in [5.74, 6) is 1.09. The van der Waals surface area contributed by atoms with Crippen molar-refractivity contribution in [1.29, 1.82) is 0 Å². The normalized spacial score (nSPS) is 15.4. The van der Waals surface area contributed by atoms with Gasteiger partial charge in [-0.15, -0.1) is 0 Å². The highest BCUT2D eigenvalue weighted by Gasteiger charge is 2.58. The van der Waals surface area contributed by atoms with Gasteiger partial charge in [0, 0.05) is 101 Å². The third kappa shape index (κ3) is 16.2. The first-order valence-electron chi connectivity index (χ1n) is 36.1. The molecule has 0 saturated heterocycles. The van der Waals surface area contributed by atoms with Crippen LogP contribution in [-0.2, 0) is 83.3 Å². The number of hydrogen-bond donors (Lipinski definition) is 0. The number of non-ortho nitro benzene ring substituents is 1. The summed E-state index contributed by atoms with van der Waals surface area (Å²) in [6.45, 7) is 43.3. The van der Waals surface area contributed by atoms with E-state index < -0.39 is 44.9 Å². The van der Waals surface area contributed by atoms with Gasteiger partial charge < -0.3 is 48.0 Å². The number of anilines is 1. The number of nitro groups is 1. The van der Waals surface area contributed by atoms with Gasteiger partial charge in [0.25, 0.3) is 23.4 Å². The zero-order valence-electron chi connectivity index (χ0n) is 64.0. The molecule has 2 aliphatic heterocycles. The van der Waals surface area contributed by atoms with Crippen LogP contribution in [0.3, 0.4) is 0 Å². The van der Waals surface area contributed by atoms with Crippen molar-refractivity contribution < 1.29 is 52.5 Å². The molecule has 2 heterocycles. The molecule has 3 aliphatic rings. The van der Waals surface area contributed by atoms with Crippen LogP contribution in [-0.4, -0.2) is 122 Å².